The molecule has 2 bridgehead atoms. The first-order chi connectivity index (χ1) is 23.6. The van der Waals surface area contributed by atoms with E-state index < -0.39 is 6.04 Å². The number of fused-ring (bicyclic) bond motifs is 2. The van der Waals surface area contributed by atoms with Gasteiger partial charge in [-0.1, -0.05) is 48.0 Å². The van der Waals surface area contributed by atoms with Gasteiger partial charge in [-0.15, -0.1) is 5.10 Å². The number of carbonyl (C=O) groups excluding carboxylic acids is 2. The number of aromatic nitrogens is 3. The Hall–Kier alpha value is -3.87. The second kappa shape index (κ2) is 14.2. The lowest BCUT2D eigenvalue weighted by Gasteiger charge is -2.45. The molecule has 7 rings (SSSR count). The first-order valence-corrected chi connectivity index (χ1v) is 18.1. The number of likely N-dealkylation sites (N-methyl/N-ethyl adjacent to an activating group) is 1. The van der Waals surface area contributed by atoms with E-state index in [4.69, 9.17) is 17.3 Å². The third-order valence-electron chi connectivity index (χ3n) is 11.4. The number of nitrogens with one attached hydrogen (secondary N) is 2. The minimum atomic E-state index is -0.747. The topological polar surface area (TPSA) is 136 Å². The van der Waals surface area contributed by atoms with Crippen LogP contribution < -0.4 is 16.7 Å². The van der Waals surface area contributed by atoms with Crippen LogP contribution in [0.3, 0.4) is 0 Å². The number of nitrogens with two attached hydrogens (primary N) is 1. The molecule has 0 aliphatic carbocycles. The largest absolute Gasteiger partial charge is 0.397 e. The number of H-pyrrole nitrogens is 1. The molecule has 4 aliphatic rings. The van der Waals surface area contributed by atoms with E-state index >= 15 is 0 Å². The summed E-state index contributed by atoms with van der Waals surface area (Å²) in [5.41, 5.74) is 8.92. The summed E-state index contributed by atoms with van der Waals surface area (Å²) in [6.07, 6.45) is 5.91. The summed E-state index contributed by atoms with van der Waals surface area (Å²) in [6.45, 7) is 6.36. The molecular weight excluding hydrogens is 642 g/mol. The molecule has 12 nitrogen and oxygen atoms in total. The van der Waals surface area contributed by atoms with Crippen LogP contribution in [0.25, 0.3) is 11.4 Å². The van der Waals surface area contributed by atoms with Gasteiger partial charge in [0.2, 0.25) is 5.91 Å². The van der Waals surface area contributed by atoms with Crippen molar-refractivity contribution in [1.82, 2.24) is 39.7 Å². The molecule has 0 radical (unpaired) electrons. The highest BCUT2D eigenvalue weighted by Crippen LogP contribution is 2.32. The molecule has 49 heavy (non-hydrogen) atoms. The molecule has 4 aliphatic heterocycles. The molecule has 1 aromatic heterocycles. The number of piperidine rings is 2. The first-order valence-electron chi connectivity index (χ1n) is 17.7. The van der Waals surface area contributed by atoms with Crippen molar-refractivity contribution in [3.63, 3.8) is 0 Å². The third kappa shape index (κ3) is 7.09. The predicted molar refractivity (Wildman–Crippen MR) is 191 cm³/mol. The summed E-state index contributed by atoms with van der Waals surface area (Å²) in [5, 5.41) is 8.10. The maximum atomic E-state index is 14.2. The molecule has 262 valence electrons. The van der Waals surface area contributed by atoms with Crippen LogP contribution in [0.5, 0.6) is 0 Å². The molecule has 5 heterocycles. The van der Waals surface area contributed by atoms with E-state index in [1.54, 1.807) is 11.0 Å². The fourth-order valence-corrected chi connectivity index (χ4v) is 8.65. The average molecular weight is 690 g/mol. The molecule has 4 saturated heterocycles. The number of benzene rings is 2. The normalized spacial score (nSPS) is 23.2. The monoisotopic (exact) mass is 689 g/mol. The third-order valence-corrected chi connectivity index (χ3v) is 11.7. The molecule has 4 N–H and O–H groups in total. The highest BCUT2D eigenvalue weighted by Gasteiger charge is 2.41. The van der Waals surface area contributed by atoms with Crippen LogP contribution in [-0.2, 0) is 11.2 Å². The van der Waals surface area contributed by atoms with Crippen molar-refractivity contribution in [3.05, 3.63) is 69.1 Å². The number of nitrogen functional groups attached to an aromatic ring is 1. The average Bonchev–Trinajstić information content (AvgIpc) is 3.58. The van der Waals surface area contributed by atoms with Crippen LogP contribution >= 0.6 is 11.6 Å². The molecule has 2 aromatic carbocycles. The first kappa shape index (κ1) is 33.6. The summed E-state index contributed by atoms with van der Waals surface area (Å²) in [7, 11) is 2.26. The SMILES string of the molecule is Cc1cc(C[C@@H](NC(=O)N2CCC(n3nc(-c4ccccc4)[nH]c3=O)CC2)C(=O)N2CCC(N3CC4CCC(C3)N4C)CC2)cc(Cl)c1N. The number of hydrogen-bond donors (Lipinski definition) is 3. The predicted octanol–water partition coefficient (Wildman–Crippen LogP) is 3.51. The Labute approximate surface area is 292 Å². The van der Waals surface area contributed by atoms with Gasteiger partial charge in [0, 0.05) is 69.4 Å². The Morgan fingerprint density at radius 2 is 1.57 bits per heavy atom. The molecule has 0 saturated carbocycles. The van der Waals surface area contributed by atoms with Crippen molar-refractivity contribution in [2.45, 2.75) is 82.1 Å². The summed E-state index contributed by atoms with van der Waals surface area (Å²) in [6, 6.07) is 13.9. The quantitative estimate of drug-likeness (QED) is 0.323. The molecule has 3 aromatic rings. The van der Waals surface area contributed by atoms with Gasteiger partial charge >= 0.3 is 11.7 Å². The zero-order valence-corrected chi connectivity index (χ0v) is 29.2. The van der Waals surface area contributed by atoms with Crippen molar-refractivity contribution in [2.24, 2.45) is 0 Å². The number of halogens is 1. The number of anilines is 1. The Morgan fingerprint density at radius 1 is 0.939 bits per heavy atom. The number of likely N-dealkylation sites (tertiary alicyclic amines) is 3. The number of carbonyl (C=O) groups is 2. The van der Waals surface area contributed by atoms with E-state index in [1.165, 1.54) is 17.5 Å². The number of aromatic amines is 1. The van der Waals surface area contributed by atoms with E-state index in [2.05, 4.69) is 32.2 Å². The highest BCUT2D eigenvalue weighted by atomic mass is 35.5. The Balaban J connectivity index is 0.998. The van der Waals surface area contributed by atoms with Gasteiger partial charge in [-0.3, -0.25) is 19.6 Å². The van der Waals surface area contributed by atoms with Gasteiger partial charge in [-0.05, 0) is 69.7 Å². The van der Waals surface area contributed by atoms with Crippen molar-refractivity contribution in [3.8, 4) is 11.4 Å². The van der Waals surface area contributed by atoms with Crippen LogP contribution in [0.1, 0.15) is 55.7 Å². The Kier molecular flexibility index (Phi) is 9.72. The van der Waals surface area contributed by atoms with Crippen LogP contribution in [0.4, 0.5) is 10.5 Å². The number of rotatable bonds is 7. The molecule has 13 heteroatoms. The van der Waals surface area contributed by atoms with Crippen LogP contribution in [0.15, 0.2) is 47.3 Å². The minimum Gasteiger partial charge on any atom is -0.397 e. The molecule has 3 atom stereocenters. The van der Waals surface area contributed by atoms with Crippen molar-refractivity contribution < 1.29 is 9.59 Å². The summed E-state index contributed by atoms with van der Waals surface area (Å²) in [4.78, 5) is 52.4. The molecule has 4 fully saturated rings. The van der Waals surface area contributed by atoms with Gasteiger partial charge in [-0.25, -0.2) is 14.3 Å². The Bertz CT molecular complexity index is 1670. The number of urea groups is 1. The lowest BCUT2D eigenvalue weighted by molar-refractivity contribution is -0.135. The smallest absolute Gasteiger partial charge is 0.343 e. The van der Waals surface area contributed by atoms with Gasteiger partial charge in [0.05, 0.1) is 16.8 Å². The molecular formula is C36H48ClN9O3. The molecule has 3 amide bonds. The van der Waals surface area contributed by atoms with Gasteiger partial charge in [0.1, 0.15) is 6.04 Å². The standard InChI is InChI=1S/C36H48ClN9O3/c1-23-18-24(19-30(37)32(23)38)20-31(34(47)43-14-10-26(11-15-43)45-21-28-8-9-29(22-45)42(28)2)39-35(48)44-16-12-27(13-17-44)46-36(49)40-33(41-46)25-6-4-3-5-7-25/h3-7,18-19,26-29,31H,8-17,20-22,38H2,1-2H3,(H,39,48)(H,40,41,49)/t28?,29?,31-/m1/s1. The zero-order chi connectivity index (χ0) is 34.2. The van der Waals surface area contributed by atoms with Gasteiger partial charge < -0.3 is 20.9 Å². The number of nitrogens with zero attached hydrogens (tertiary/aromatic N) is 6. The van der Waals surface area contributed by atoms with Crippen LogP contribution in [-0.4, -0.2) is 117 Å². The van der Waals surface area contributed by atoms with Gasteiger partial charge in [0.25, 0.3) is 0 Å². The number of piperazine rings is 1. The van der Waals surface area contributed by atoms with E-state index in [-0.39, 0.29) is 23.7 Å². The maximum absolute atomic E-state index is 14.2. The molecule has 0 spiro atoms. The van der Waals surface area contributed by atoms with Crippen LogP contribution in [0.2, 0.25) is 5.02 Å². The molecule has 2 unspecified atom stereocenters. The number of amides is 3. The van der Waals surface area contributed by atoms with Gasteiger partial charge in [0.15, 0.2) is 5.82 Å². The second-order valence-corrected chi connectivity index (χ2v) is 14.8. The fourth-order valence-electron chi connectivity index (χ4n) is 8.36. The highest BCUT2D eigenvalue weighted by molar-refractivity contribution is 6.33. The van der Waals surface area contributed by atoms with E-state index in [0.29, 0.717) is 80.1 Å². The lowest BCUT2D eigenvalue weighted by atomic mass is 9.98. The zero-order valence-electron chi connectivity index (χ0n) is 28.5. The van der Waals surface area contributed by atoms with Gasteiger partial charge in [-0.2, -0.15) is 0 Å². The van der Waals surface area contributed by atoms with Crippen molar-refractivity contribution in [2.75, 3.05) is 52.0 Å². The second-order valence-electron chi connectivity index (χ2n) is 14.4. The summed E-state index contributed by atoms with van der Waals surface area (Å²) < 4.78 is 1.51. The van der Waals surface area contributed by atoms with E-state index in [0.717, 1.165) is 42.6 Å². The van der Waals surface area contributed by atoms with E-state index in [9.17, 15) is 14.4 Å². The van der Waals surface area contributed by atoms with E-state index in [1.807, 2.05) is 48.2 Å². The summed E-state index contributed by atoms with van der Waals surface area (Å²) >= 11 is 6.44. The maximum Gasteiger partial charge on any atom is 0.343 e. The van der Waals surface area contributed by atoms with Crippen molar-refractivity contribution >= 4 is 29.2 Å². The number of hydrogen-bond acceptors (Lipinski definition) is 7. The van der Waals surface area contributed by atoms with Crippen LogP contribution in [0, 0.1) is 6.92 Å². The number of aryl methyl sites for hydroxylation is 1. The Morgan fingerprint density at radius 3 is 2.22 bits per heavy atom. The minimum absolute atomic E-state index is 0.0674. The fraction of sp³-hybridized carbons (Fsp3) is 0.556. The lowest BCUT2D eigenvalue weighted by Crippen LogP contribution is -2.59. The van der Waals surface area contributed by atoms with Crippen molar-refractivity contribution in [1.29, 1.82) is 0 Å². The summed E-state index contributed by atoms with van der Waals surface area (Å²) in [5.74, 6) is 0.465.